The molecule has 0 spiro atoms. The molecule has 0 atom stereocenters. The zero-order valence-corrected chi connectivity index (χ0v) is 11.2. The van der Waals surface area contributed by atoms with Gasteiger partial charge in [0.1, 0.15) is 0 Å². The second-order valence-electron chi connectivity index (χ2n) is 2.72. The second-order valence-corrected chi connectivity index (χ2v) is 2.72. The van der Waals surface area contributed by atoms with Crippen molar-refractivity contribution in [2.75, 3.05) is 0 Å². The first-order valence-corrected chi connectivity index (χ1v) is 3.90. The number of nitriles is 1. The van der Waals surface area contributed by atoms with Crippen LogP contribution in [0.5, 0.6) is 0 Å². The van der Waals surface area contributed by atoms with Gasteiger partial charge >= 0.3 is 58.4 Å². The minimum Gasteiger partial charge on any atom is -0.445 e. The van der Waals surface area contributed by atoms with E-state index >= 15 is 0 Å². The van der Waals surface area contributed by atoms with Gasteiger partial charge in [0, 0.05) is 0 Å². The molecule has 0 bridgehead atoms. The predicted octanol–water partition coefficient (Wildman–Crippen LogP) is -0.0379. The molecule has 72 valence electrons. The van der Waals surface area contributed by atoms with E-state index in [9.17, 15) is 12.9 Å². The van der Waals surface area contributed by atoms with Crippen LogP contribution in [0.1, 0.15) is 11.1 Å². The van der Waals surface area contributed by atoms with Crippen molar-refractivity contribution in [1.82, 2.24) is 0 Å². The Balaban J connectivity index is 0.00000196. The Labute approximate surface area is 128 Å². The molecule has 1 nitrogen and oxygen atoms in total. The molecule has 0 aliphatic rings. The molecule has 0 fully saturated rings. The summed E-state index contributed by atoms with van der Waals surface area (Å²) >= 11 is 0. The molecular weight excluding hydrogens is 229 g/mol. The molecule has 0 amide bonds. The Morgan fingerprint density at radius 1 is 1.13 bits per heavy atom. The summed E-state index contributed by atoms with van der Waals surface area (Å²) < 4.78 is 35.4. The Morgan fingerprint density at radius 2 is 1.67 bits per heavy atom. The van der Waals surface area contributed by atoms with Gasteiger partial charge in [0.25, 0.3) is 0 Å². The van der Waals surface area contributed by atoms with Gasteiger partial charge in [-0.2, -0.15) is 5.26 Å². The van der Waals surface area contributed by atoms with E-state index in [1.165, 1.54) is 24.3 Å². The van der Waals surface area contributed by atoms with Crippen molar-refractivity contribution >= 4 is 13.1 Å². The van der Waals surface area contributed by atoms with Gasteiger partial charge in [-0.25, -0.2) is 0 Å². The number of halogens is 3. The molecule has 0 saturated carbocycles. The molecule has 0 N–H and O–H groups in total. The Kier molecular flexibility index (Phi) is 6.48. The van der Waals surface area contributed by atoms with Crippen molar-refractivity contribution in [1.29, 1.82) is 5.26 Å². The largest absolute Gasteiger partial charge is 1.00 e. The van der Waals surface area contributed by atoms with Crippen LogP contribution in [-0.4, -0.2) is 6.98 Å². The van der Waals surface area contributed by atoms with Crippen molar-refractivity contribution < 1.29 is 64.3 Å². The van der Waals surface area contributed by atoms with Crippen LogP contribution in [0.4, 0.5) is 12.9 Å². The average Bonchev–Trinajstić information content (AvgIpc) is 2.14. The van der Waals surface area contributed by atoms with Gasteiger partial charge in [0.05, 0.1) is 11.6 Å². The van der Waals surface area contributed by atoms with E-state index in [0.29, 0.717) is 11.1 Å². The van der Waals surface area contributed by atoms with Gasteiger partial charge in [-0.15, -0.1) is 5.98 Å². The van der Waals surface area contributed by atoms with Gasteiger partial charge in [-0.3, -0.25) is 0 Å². The minimum atomic E-state index is -4.89. The fourth-order valence-corrected chi connectivity index (χ4v) is 0.889. The van der Waals surface area contributed by atoms with Gasteiger partial charge in [-0.1, -0.05) is 18.2 Å². The van der Waals surface area contributed by atoms with Crippen LogP contribution in [0.3, 0.4) is 0 Å². The summed E-state index contributed by atoms with van der Waals surface area (Å²) in [5, 5.41) is 8.44. The normalized spacial score (nSPS) is 10.8. The number of nitrogens with zero attached hydrogens (tertiary/aromatic N) is 1. The van der Waals surface area contributed by atoms with Crippen LogP contribution in [0.2, 0.25) is 0 Å². The molecule has 0 unspecified atom stereocenters. The molecule has 0 aliphatic heterocycles. The zero-order valence-electron chi connectivity index (χ0n) is 8.12. The monoisotopic (exact) mass is 235 g/mol. The molecule has 0 saturated heterocycles. The van der Waals surface area contributed by atoms with Crippen LogP contribution in [0.25, 0.3) is 6.08 Å². The number of hydrogen-bond donors (Lipinski definition) is 0. The van der Waals surface area contributed by atoms with E-state index in [-0.39, 0.29) is 57.4 Å². The maximum Gasteiger partial charge on any atom is 1.00 e. The molecule has 0 aliphatic carbocycles. The third-order valence-electron chi connectivity index (χ3n) is 1.55. The molecule has 0 heterocycles. The molecule has 0 aromatic heterocycles. The van der Waals surface area contributed by atoms with Crippen molar-refractivity contribution in [2.45, 2.75) is 0 Å². The maximum atomic E-state index is 11.8. The van der Waals surface area contributed by atoms with Gasteiger partial charge in [0.15, 0.2) is 0 Å². The van der Waals surface area contributed by atoms with Gasteiger partial charge < -0.3 is 12.9 Å². The minimum absolute atomic E-state index is 0. The SMILES string of the molecule is N#Cc1ccc(/C=C/[B-](F)(F)F)cc1.[K+]. The Morgan fingerprint density at radius 3 is 2.07 bits per heavy atom. The summed E-state index contributed by atoms with van der Waals surface area (Å²) in [4.78, 5) is 0. The summed E-state index contributed by atoms with van der Waals surface area (Å²) in [5.41, 5.74) is 0.864. The maximum absolute atomic E-state index is 11.8. The third-order valence-corrected chi connectivity index (χ3v) is 1.55. The summed E-state index contributed by atoms with van der Waals surface area (Å²) in [7, 11) is 0. The van der Waals surface area contributed by atoms with E-state index in [2.05, 4.69) is 0 Å². The number of benzene rings is 1. The summed E-state index contributed by atoms with van der Waals surface area (Å²) in [6.07, 6.45) is 0.987. The van der Waals surface area contributed by atoms with E-state index in [4.69, 9.17) is 5.26 Å². The summed E-state index contributed by atoms with van der Waals surface area (Å²) in [5.74, 6) is 0.224. The van der Waals surface area contributed by atoms with Crippen LogP contribution in [-0.2, 0) is 0 Å². The Hall–Kier alpha value is -0.0587. The molecule has 1 aromatic rings. The second kappa shape index (κ2) is 6.51. The van der Waals surface area contributed by atoms with Crippen LogP contribution >= 0.6 is 0 Å². The van der Waals surface area contributed by atoms with E-state index in [1.54, 1.807) is 0 Å². The summed E-state index contributed by atoms with van der Waals surface area (Å²) in [6.45, 7) is -4.89. The van der Waals surface area contributed by atoms with E-state index in [1.807, 2.05) is 6.07 Å². The van der Waals surface area contributed by atoms with E-state index < -0.39 is 6.98 Å². The number of hydrogen-bond acceptors (Lipinski definition) is 1. The zero-order chi connectivity index (χ0) is 10.6. The summed E-state index contributed by atoms with van der Waals surface area (Å²) in [6, 6.07) is 7.77. The number of rotatable bonds is 2. The van der Waals surface area contributed by atoms with Crippen molar-refractivity contribution in [3.63, 3.8) is 0 Å². The standard InChI is InChI=1S/C9H6BF3N.K/c11-10(12,13)6-5-8-1-3-9(7-14)4-2-8;/h1-6H;/q-1;+1/b6-5+;. The molecule has 6 heteroatoms. The first-order chi connectivity index (χ1) is 6.51. The first kappa shape index (κ1) is 14.9. The van der Waals surface area contributed by atoms with Crippen molar-refractivity contribution in [2.24, 2.45) is 0 Å². The molecule has 0 radical (unpaired) electrons. The predicted molar refractivity (Wildman–Crippen MR) is 49.3 cm³/mol. The van der Waals surface area contributed by atoms with Crippen LogP contribution in [0, 0.1) is 11.3 Å². The van der Waals surface area contributed by atoms with Gasteiger partial charge in [0.2, 0.25) is 0 Å². The molecule has 1 aromatic carbocycles. The Bertz CT molecular complexity index is 378. The molecule has 15 heavy (non-hydrogen) atoms. The molecule has 1 rings (SSSR count). The van der Waals surface area contributed by atoms with Crippen LogP contribution in [0.15, 0.2) is 30.2 Å². The van der Waals surface area contributed by atoms with Crippen molar-refractivity contribution in [3.8, 4) is 6.07 Å². The molecular formula is C9H6BF3KN. The topological polar surface area (TPSA) is 23.8 Å². The quantitative estimate of drug-likeness (QED) is 0.660. The fraction of sp³-hybridized carbons (Fsp3) is 0. The van der Waals surface area contributed by atoms with Gasteiger partial charge in [-0.05, 0) is 17.7 Å². The first-order valence-electron chi connectivity index (χ1n) is 3.90. The average molecular weight is 235 g/mol. The van der Waals surface area contributed by atoms with Crippen LogP contribution < -0.4 is 51.4 Å². The smallest absolute Gasteiger partial charge is 0.445 e. The van der Waals surface area contributed by atoms with Crippen molar-refractivity contribution in [3.05, 3.63) is 41.4 Å². The fourth-order valence-electron chi connectivity index (χ4n) is 0.889. The third kappa shape index (κ3) is 6.18. The van der Waals surface area contributed by atoms with E-state index in [0.717, 1.165) is 6.08 Å².